The minimum absolute atomic E-state index is 0.147. The van der Waals surface area contributed by atoms with Gasteiger partial charge in [-0.2, -0.15) is 0 Å². The van der Waals surface area contributed by atoms with Gasteiger partial charge >= 0.3 is 0 Å². The molecule has 0 saturated heterocycles. The predicted octanol–water partition coefficient (Wildman–Crippen LogP) is 3.50. The maximum absolute atomic E-state index is 12.9. The van der Waals surface area contributed by atoms with Gasteiger partial charge in [0.05, 0.1) is 11.4 Å². The molecular formula is C23H24N2O3S. The summed E-state index contributed by atoms with van der Waals surface area (Å²) in [4.78, 5) is 14.7. The van der Waals surface area contributed by atoms with Crippen molar-refractivity contribution in [3.63, 3.8) is 0 Å². The van der Waals surface area contributed by atoms with Gasteiger partial charge in [0.25, 0.3) is 0 Å². The molecule has 29 heavy (non-hydrogen) atoms. The summed E-state index contributed by atoms with van der Waals surface area (Å²) < 4.78 is 27.4. The van der Waals surface area contributed by atoms with Crippen LogP contribution in [0.1, 0.15) is 16.7 Å². The van der Waals surface area contributed by atoms with Crippen LogP contribution in [0.15, 0.2) is 89.8 Å². The lowest BCUT2D eigenvalue weighted by atomic mass is 10.1. The van der Waals surface area contributed by atoms with Crippen molar-refractivity contribution in [3.8, 4) is 0 Å². The third kappa shape index (κ3) is 6.01. The first-order valence-electron chi connectivity index (χ1n) is 9.36. The third-order valence-corrected chi connectivity index (χ3v) is 5.95. The van der Waals surface area contributed by atoms with E-state index in [1.165, 1.54) is 12.1 Å². The van der Waals surface area contributed by atoms with Crippen LogP contribution in [0.25, 0.3) is 0 Å². The summed E-state index contributed by atoms with van der Waals surface area (Å²) in [7, 11) is -3.75. The highest BCUT2D eigenvalue weighted by atomic mass is 32.2. The highest BCUT2D eigenvalue weighted by Gasteiger charge is 2.19. The van der Waals surface area contributed by atoms with E-state index in [9.17, 15) is 13.2 Å². The van der Waals surface area contributed by atoms with Crippen molar-refractivity contribution < 1.29 is 13.2 Å². The topological polar surface area (TPSA) is 66.5 Å². The Hall–Kier alpha value is -2.96. The quantitative estimate of drug-likeness (QED) is 0.620. The molecule has 0 aromatic heterocycles. The van der Waals surface area contributed by atoms with Crippen molar-refractivity contribution in [2.45, 2.75) is 24.9 Å². The lowest BCUT2D eigenvalue weighted by Crippen LogP contribution is -2.39. The molecule has 6 heteroatoms. The van der Waals surface area contributed by atoms with Crippen molar-refractivity contribution in [3.05, 3.63) is 102 Å². The standard InChI is InChI=1S/C23H24N2O3S/c1-19-12-14-22(15-13-19)29(27,28)24-16-23(26)25(17-20-8-4-2-5-9-20)18-21-10-6-3-7-11-21/h2-15,24H,16-18H2,1H3. The van der Waals surface area contributed by atoms with E-state index in [1.807, 2.05) is 67.6 Å². The zero-order chi connectivity index (χ0) is 20.7. The number of rotatable bonds is 8. The van der Waals surface area contributed by atoms with Gasteiger partial charge in [-0.25, -0.2) is 13.1 Å². The first-order valence-corrected chi connectivity index (χ1v) is 10.8. The van der Waals surface area contributed by atoms with Crippen LogP contribution in [-0.2, 0) is 27.9 Å². The van der Waals surface area contributed by atoms with Crippen molar-refractivity contribution in [2.24, 2.45) is 0 Å². The normalized spacial score (nSPS) is 11.2. The fourth-order valence-corrected chi connectivity index (χ4v) is 3.88. The molecule has 0 bridgehead atoms. The lowest BCUT2D eigenvalue weighted by molar-refractivity contribution is -0.131. The number of benzene rings is 3. The van der Waals surface area contributed by atoms with Crippen LogP contribution in [-0.4, -0.2) is 25.8 Å². The third-order valence-electron chi connectivity index (χ3n) is 4.53. The van der Waals surface area contributed by atoms with E-state index in [4.69, 9.17) is 0 Å². The Morgan fingerprint density at radius 2 is 1.28 bits per heavy atom. The highest BCUT2D eigenvalue weighted by Crippen LogP contribution is 2.12. The van der Waals surface area contributed by atoms with Gasteiger partial charge in [-0.15, -0.1) is 0 Å². The number of nitrogens with one attached hydrogen (secondary N) is 1. The van der Waals surface area contributed by atoms with Gasteiger partial charge in [-0.1, -0.05) is 78.4 Å². The van der Waals surface area contributed by atoms with Crippen molar-refractivity contribution in [1.82, 2.24) is 9.62 Å². The first kappa shape index (κ1) is 20.8. The smallest absolute Gasteiger partial charge is 0.241 e. The minimum Gasteiger partial charge on any atom is -0.333 e. The number of carbonyl (C=O) groups is 1. The number of sulfonamides is 1. The largest absolute Gasteiger partial charge is 0.333 e. The van der Waals surface area contributed by atoms with Crippen LogP contribution in [0.4, 0.5) is 0 Å². The summed E-state index contributed by atoms with van der Waals surface area (Å²) in [5.41, 5.74) is 2.94. The summed E-state index contributed by atoms with van der Waals surface area (Å²) in [6.45, 7) is 2.40. The van der Waals surface area contributed by atoms with E-state index in [1.54, 1.807) is 17.0 Å². The zero-order valence-corrected chi connectivity index (χ0v) is 17.1. The van der Waals surface area contributed by atoms with E-state index in [-0.39, 0.29) is 17.3 Å². The van der Waals surface area contributed by atoms with Crippen LogP contribution < -0.4 is 4.72 Å². The lowest BCUT2D eigenvalue weighted by Gasteiger charge is -2.23. The Morgan fingerprint density at radius 1 is 0.793 bits per heavy atom. The van der Waals surface area contributed by atoms with Gasteiger partial charge in [0, 0.05) is 13.1 Å². The van der Waals surface area contributed by atoms with Crippen molar-refractivity contribution in [2.75, 3.05) is 6.54 Å². The second-order valence-corrected chi connectivity index (χ2v) is 8.63. The molecule has 0 atom stereocenters. The summed E-state index contributed by atoms with van der Waals surface area (Å²) in [5, 5.41) is 0. The number of nitrogens with zero attached hydrogens (tertiary/aromatic N) is 1. The van der Waals surface area contributed by atoms with Crippen LogP contribution in [0, 0.1) is 6.92 Å². The molecule has 1 amide bonds. The Balaban J connectivity index is 1.72. The number of hydrogen-bond acceptors (Lipinski definition) is 3. The second-order valence-electron chi connectivity index (χ2n) is 6.86. The molecule has 3 rings (SSSR count). The molecule has 0 spiro atoms. The van der Waals surface area contributed by atoms with Gasteiger partial charge in [-0.05, 0) is 30.2 Å². The molecule has 0 aliphatic carbocycles. The fourth-order valence-electron chi connectivity index (χ4n) is 2.91. The molecule has 0 aliphatic rings. The van der Waals surface area contributed by atoms with Crippen LogP contribution in [0.5, 0.6) is 0 Å². The number of amides is 1. The predicted molar refractivity (Wildman–Crippen MR) is 114 cm³/mol. The minimum atomic E-state index is -3.75. The molecule has 3 aromatic rings. The second kappa shape index (κ2) is 9.49. The SMILES string of the molecule is Cc1ccc(S(=O)(=O)NCC(=O)N(Cc2ccccc2)Cc2ccccc2)cc1. The van der Waals surface area contributed by atoms with Crippen LogP contribution >= 0.6 is 0 Å². The van der Waals surface area contributed by atoms with E-state index in [2.05, 4.69) is 4.72 Å². The number of aryl methyl sites for hydroxylation is 1. The van der Waals surface area contributed by atoms with E-state index >= 15 is 0 Å². The zero-order valence-electron chi connectivity index (χ0n) is 16.3. The molecular weight excluding hydrogens is 384 g/mol. The summed E-state index contributed by atoms with van der Waals surface area (Å²) in [6.07, 6.45) is 0. The van der Waals surface area contributed by atoms with E-state index in [0.717, 1.165) is 16.7 Å². The Kier molecular flexibility index (Phi) is 6.80. The molecule has 150 valence electrons. The fraction of sp³-hybridized carbons (Fsp3) is 0.174. The van der Waals surface area contributed by atoms with Gasteiger partial charge < -0.3 is 4.90 Å². The van der Waals surface area contributed by atoms with Crippen LogP contribution in [0.3, 0.4) is 0 Å². The number of hydrogen-bond donors (Lipinski definition) is 1. The summed E-state index contributed by atoms with van der Waals surface area (Å²) >= 11 is 0. The van der Waals surface area contributed by atoms with E-state index in [0.29, 0.717) is 13.1 Å². The molecule has 5 nitrogen and oxygen atoms in total. The van der Waals surface area contributed by atoms with Crippen molar-refractivity contribution >= 4 is 15.9 Å². The Morgan fingerprint density at radius 3 is 1.76 bits per heavy atom. The first-order chi connectivity index (χ1) is 13.9. The van der Waals surface area contributed by atoms with E-state index < -0.39 is 10.0 Å². The maximum atomic E-state index is 12.9. The van der Waals surface area contributed by atoms with Gasteiger partial charge in [0.15, 0.2) is 0 Å². The van der Waals surface area contributed by atoms with Gasteiger partial charge in [0.2, 0.25) is 15.9 Å². The molecule has 0 unspecified atom stereocenters. The van der Waals surface area contributed by atoms with Gasteiger partial charge in [-0.3, -0.25) is 4.79 Å². The average molecular weight is 409 g/mol. The Labute approximate surface area is 172 Å². The average Bonchev–Trinajstić information content (AvgIpc) is 2.73. The number of carbonyl (C=O) groups excluding carboxylic acids is 1. The summed E-state index contributed by atoms with van der Waals surface area (Å²) in [6, 6.07) is 25.8. The molecule has 3 aromatic carbocycles. The molecule has 0 fully saturated rings. The van der Waals surface area contributed by atoms with Crippen LogP contribution in [0.2, 0.25) is 0 Å². The van der Waals surface area contributed by atoms with Gasteiger partial charge in [0.1, 0.15) is 0 Å². The summed E-state index contributed by atoms with van der Waals surface area (Å²) in [5.74, 6) is -0.284. The monoisotopic (exact) mass is 408 g/mol. The molecule has 0 aliphatic heterocycles. The molecule has 0 heterocycles. The Bertz CT molecular complexity index is 993. The van der Waals surface area contributed by atoms with Crippen molar-refractivity contribution in [1.29, 1.82) is 0 Å². The molecule has 0 radical (unpaired) electrons. The highest BCUT2D eigenvalue weighted by molar-refractivity contribution is 7.89. The molecule has 1 N–H and O–H groups in total. The maximum Gasteiger partial charge on any atom is 0.241 e. The molecule has 0 saturated carbocycles.